The number of terminal acetylenes is 1. The Kier molecular flexibility index (Phi) is 4.97. The van der Waals surface area contributed by atoms with Crippen LogP contribution in [0.1, 0.15) is 23.5 Å². The van der Waals surface area contributed by atoms with Crippen molar-refractivity contribution < 1.29 is 14.3 Å². The molecule has 4 nitrogen and oxygen atoms in total. The van der Waals surface area contributed by atoms with Crippen LogP contribution in [0.5, 0.6) is 11.5 Å². The van der Waals surface area contributed by atoms with Crippen LogP contribution in [0.25, 0.3) is 10.8 Å². The summed E-state index contributed by atoms with van der Waals surface area (Å²) in [4.78, 5) is 12.4. The van der Waals surface area contributed by atoms with E-state index >= 15 is 0 Å². The van der Waals surface area contributed by atoms with Gasteiger partial charge in [-0.05, 0) is 40.1 Å². The molecule has 0 radical (unpaired) electrons. The van der Waals surface area contributed by atoms with Crippen molar-refractivity contribution in [1.29, 1.82) is 0 Å². The third-order valence-corrected chi connectivity index (χ3v) is 5.64. The number of amides is 1. The zero-order valence-corrected chi connectivity index (χ0v) is 16.9. The molecular weight excluding hydrogens is 418 g/mol. The van der Waals surface area contributed by atoms with Gasteiger partial charge in [-0.1, -0.05) is 52.2 Å². The summed E-state index contributed by atoms with van der Waals surface area (Å²) < 4.78 is 12.0. The summed E-state index contributed by atoms with van der Waals surface area (Å²) in [5.41, 5.74) is 2.92. The van der Waals surface area contributed by atoms with E-state index in [2.05, 4.69) is 39.3 Å². The molecule has 28 heavy (non-hydrogen) atoms. The molecule has 0 bridgehead atoms. The number of carbonyl (C=O) groups is 1. The van der Waals surface area contributed by atoms with Crippen molar-refractivity contribution in [2.75, 3.05) is 19.0 Å². The van der Waals surface area contributed by atoms with Gasteiger partial charge in [0.15, 0.2) is 11.5 Å². The van der Waals surface area contributed by atoms with Crippen molar-refractivity contribution in [2.45, 2.75) is 12.3 Å². The molecule has 5 heteroatoms. The monoisotopic (exact) mass is 435 g/mol. The zero-order chi connectivity index (χ0) is 19.7. The highest BCUT2D eigenvalue weighted by atomic mass is 79.9. The predicted molar refractivity (Wildman–Crippen MR) is 114 cm³/mol. The first kappa shape index (κ1) is 18.4. The molecule has 0 fully saturated rings. The van der Waals surface area contributed by atoms with Gasteiger partial charge < -0.3 is 14.8 Å². The average molecular weight is 436 g/mol. The van der Waals surface area contributed by atoms with E-state index in [1.54, 1.807) is 7.11 Å². The van der Waals surface area contributed by atoms with Crippen molar-refractivity contribution in [2.24, 2.45) is 0 Å². The minimum absolute atomic E-state index is 0.00805. The lowest BCUT2D eigenvalue weighted by atomic mass is 9.82. The van der Waals surface area contributed by atoms with Crippen LogP contribution in [0.4, 0.5) is 5.69 Å². The maximum Gasteiger partial charge on any atom is 0.225 e. The Morgan fingerprint density at radius 2 is 2.04 bits per heavy atom. The summed E-state index contributed by atoms with van der Waals surface area (Å²) in [5, 5.41) is 5.27. The van der Waals surface area contributed by atoms with Crippen LogP contribution >= 0.6 is 15.9 Å². The smallest absolute Gasteiger partial charge is 0.225 e. The molecule has 0 spiro atoms. The average Bonchev–Trinajstić information content (AvgIpc) is 2.71. The highest BCUT2D eigenvalue weighted by Crippen LogP contribution is 2.46. The van der Waals surface area contributed by atoms with Crippen molar-refractivity contribution in [3.63, 3.8) is 0 Å². The van der Waals surface area contributed by atoms with Crippen LogP contribution in [0, 0.1) is 12.3 Å². The molecule has 3 aromatic rings. The largest absolute Gasteiger partial charge is 0.493 e. The third-order valence-electron chi connectivity index (χ3n) is 4.95. The van der Waals surface area contributed by atoms with E-state index in [0.717, 1.165) is 32.1 Å². The number of ether oxygens (including phenoxy) is 2. The molecule has 0 saturated carbocycles. The third kappa shape index (κ3) is 3.21. The Balaban J connectivity index is 1.90. The second-order valence-corrected chi connectivity index (χ2v) is 7.42. The van der Waals surface area contributed by atoms with Crippen LogP contribution in [0.3, 0.4) is 0 Å². The Morgan fingerprint density at radius 1 is 1.21 bits per heavy atom. The van der Waals surface area contributed by atoms with Gasteiger partial charge in [0.2, 0.25) is 5.91 Å². The number of fused-ring (bicyclic) bond motifs is 3. The molecule has 4 rings (SSSR count). The Morgan fingerprint density at radius 3 is 2.82 bits per heavy atom. The first-order valence-electron chi connectivity index (χ1n) is 8.87. The zero-order valence-electron chi connectivity index (χ0n) is 15.3. The number of halogens is 1. The lowest BCUT2D eigenvalue weighted by molar-refractivity contribution is -0.116. The number of rotatable bonds is 4. The fourth-order valence-corrected chi connectivity index (χ4v) is 4.34. The standard InChI is InChI=1S/C23H18BrNO3/c1-3-10-28-21-13-18(24)16(11-20(21)27-2)17-12-22(26)25-19-9-8-14-6-4-5-7-15(14)23(17)19/h1,4-9,11,13,17H,10,12H2,2H3,(H,25,26)/t17-/m1/s1. The molecule has 1 aliphatic rings. The number of anilines is 1. The number of methoxy groups -OCH3 is 1. The molecule has 0 unspecified atom stereocenters. The number of hydrogen-bond donors (Lipinski definition) is 1. The maximum atomic E-state index is 12.4. The van der Waals surface area contributed by atoms with Crippen molar-refractivity contribution in [3.8, 4) is 23.8 Å². The number of carbonyl (C=O) groups excluding carboxylic acids is 1. The fourth-order valence-electron chi connectivity index (χ4n) is 3.74. The highest BCUT2D eigenvalue weighted by Gasteiger charge is 2.30. The number of hydrogen-bond acceptors (Lipinski definition) is 3. The first-order chi connectivity index (χ1) is 13.6. The molecule has 3 aromatic carbocycles. The molecule has 1 N–H and O–H groups in total. The van der Waals surface area contributed by atoms with E-state index in [1.165, 1.54) is 0 Å². The molecule has 1 amide bonds. The van der Waals surface area contributed by atoms with E-state index in [4.69, 9.17) is 15.9 Å². The predicted octanol–water partition coefficient (Wildman–Crippen LogP) is 5.10. The van der Waals surface area contributed by atoms with Crippen LogP contribution in [0.15, 0.2) is 53.0 Å². The molecule has 0 aromatic heterocycles. The fraction of sp³-hybridized carbons (Fsp3) is 0.174. The first-order valence-corrected chi connectivity index (χ1v) is 9.67. The van der Waals surface area contributed by atoms with Gasteiger partial charge in [-0.2, -0.15) is 0 Å². The number of nitrogens with one attached hydrogen (secondary N) is 1. The van der Waals surface area contributed by atoms with Crippen molar-refractivity contribution >= 4 is 38.3 Å². The summed E-state index contributed by atoms with van der Waals surface area (Å²) >= 11 is 3.65. The summed E-state index contributed by atoms with van der Waals surface area (Å²) in [6, 6.07) is 16.0. The normalized spacial score (nSPS) is 15.5. The van der Waals surface area contributed by atoms with Gasteiger partial charge >= 0.3 is 0 Å². The summed E-state index contributed by atoms with van der Waals surface area (Å²) in [7, 11) is 1.59. The minimum atomic E-state index is -0.111. The molecule has 140 valence electrons. The van der Waals surface area contributed by atoms with Crippen molar-refractivity contribution in [1.82, 2.24) is 0 Å². The van der Waals surface area contributed by atoms with E-state index in [1.807, 2.05) is 36.4 Å². The van der Waals surface area contributed by atoms with Crippen LogP contribution in [-0.2, 0) is 4.79 Å². The molecular formula is C23H18BrNO3. The van der Waals surface area contributed by atoms with E-state index in [-0.39, 0.29) is 18.4 Å². The highest BCUT2D eigenvalue weighted by molar-refractivity contribution is 9.10. The van der Waals surface area contributed by atoms with Crippen molar-refractivity contribution in [3.05, 3.63) is 64.1 Å². The topological polar surface area (TPSA) is 47.6 Å². The minimum Gasteiger partial charge on any atom is -0.493 e. The van der Waals surface area contributed by atoms with Gasteiger partial charge in [0.1, 0.15) is 6.61 Å². The van der Waals surface area contributed by atoms with Crippen LogP contribution < -0.4 is 14.8 Å². The van der Waals surface area contributed by atoms with Gasteiger partial charge in [0, 0.05) is 22.5 Å². The second kappa shape index (κ2) is 7.57. The quantitative estimate of drug-likeness (QED) is 0.580. The van der Waals surface area contributed by atoms with Gasteiger partial charge in [-0.3, -0.25) is 4.79 Å². The molecule has 1 heterocycles. The van der Waals surface area contributed by atoms with Gasteiger partial charge in [0.25, 0.3) is 0 Å². The van der Waals surface area contributed by atoms with E-state index in [0.29, 0.717) is 17.9 Å². The lowest BCUT2D eigenvalue weighted by Crippen LogP contribution is -2.24. The molecule has 1 aliphatic heterocycles. The Hall–Kier alpha value is -2.97. The second-order valence-electron chi connectivity index (χ2n) is 6.57. The number of benzene rings is 3. The molecule has 0 aliphatic carbocycles. The maximum absolute atomic E-state index is 12.4. The van der Waals surface area contributed by atoms with Crippen LogP contribution in [0.2, 0.25) is 0 Å². The Labute approximate surface area is 172 Å². The van der Waals surface area contributed by atoms with Gasteiger partial charge in [-0.15, -0.1) is 6.42 Å². The van der Waals surface area contributed by atoms with E-state index in [9.17, 15) is 4.79 Å². The summed E-state index contributed by atoms with van der Waals surface area (Å²) in [6.07, 6.45) is 5.66. The van der Waals surface area contributed by atoms with E-state index < -0.39 is 0 Å². The summed E-state index contributed by atoms with van der Waals surface area (Å²) in [5.74, 6) is 3.49. The van der Waals surface area contributed by atoms with Gasteiger partial charge in [0.05, 0.1) is 7.11 Å². The van der Waals surface area contributed by atoms with Crippen LogP contribution in [-0.4, -0.2) is 19.6 Å². The molecule has 1 atom stereocenters. The lowest BCUT2D eigenvalue weighted by Gasteiger charge is -2.29. The SMILES string of the molecule is C#CCOc1cc(Br)c([C@H]2CC(=O)Nc3ccc4ccccc4c32)cc1OC. The molecule has 0 saturated heterocycles. The van der Waals surface area contributed by atoms with Gasteiger partial charge in [-0.25, -0.2) is 0 Å². The Bertz CT molecular complexity index is 1120. The summed E-state index contributed by atoms with van der Waals surface area (Å²) in [6.45, 7) is 0.154.